The van der Waals surface area contributed by atoms with Crippen LogP contribution in [-0.4, -0.2) is 12.6 Å². The minimum atomic E-state index is 0.730. The van der Waals surface area contributed by atoms with Gasteiger partial charge in [-0.05, 0) is 49.6 Å². The Morgan fingerprint density at radius 3 is 2.57 bits per heavy atom. The van der Waals surface area contributed by atoms with E-state index in [1.165, 1.54) is 29.8 Å². The average molecular weight is 345 g/mol. The van der Waals surface area contributed by atoms with Gasteiger partial charge in [-0.25, -0.2) is 0 Å². The maximum Gasteiger partial charge on any atom is 0.0467 e. The molecule has 0 unspecified atom stereocenters. The SMILES string of the molecule is CCN(c1ccccc1)c1cc(Br)ccc1CNC1CC1. The quantitative estimate of drug-likeness (QED) is 0.804. The van der Waals surface area contributed by atoms with E-state index >= 15 is 0 Å². The Balaban J connectivity index is 1.91. The van der Waals surface area contributed by atoms with Gasteiger partial charge < -0.3 is 10.2 Å². The van der Waals surface area contributed by atoms with E-state index in [4.69, 9.17) is 0 Å². The summed E-state index contributed by atoms with van der Waals surface area (Å²) in [5.74, 6) is 0. The molecule has 0 aliphatic heterocycles. The molecule has 2 aromatic carbocycles. The van der Waals surface area contributed by atoms with Crippen molar-refractivity contribution in [3.63, 3.8) is 0 Å². The van der Waals surface area contributed by atoms with Crippen LogP contribution in [0.15, 0.2) is 53.0 Å². The lowest BCUT2D eigenvalue weighted by molar-refractivity contribution is 0.687. The van der Waals surface area contributed by atoms with Crippen molar-refractivity contribution in [1.29, 1.82) is 0 Å². The monoisotopic (exact) mass is 344 g/mol. The summed E-state index contributed by atoms with van der Waals surface area (Å²) in [5, 5.41) is 3.62. The van der Waals surface area contributed by atoms with E-state index in [1.807, 2.05) is 0 Å². The zero-order valence-electron chi connectivity index (χ0n) is 12.3. The summed E-state index contributed by atoms with van der Waals surface area (Å²) in [6.07, 6.45) is 2.64. The van der Waals surface area contributed by atoms with Crippen LogP contribution in [0.4, 0.5) is 11.4 Å². The van der Waals surface area contributed by atoms with Crippen LogP contribution in [-0.2, 0) is 6.54 Å². The van der Waals surface area contributed by atoms with Crippen LogP contribution in [0, 0.1) is 0 Å². The van der Waals surface area contributed by atoms with Crippen molar-refractivity contribution in [3.05, 3.63) is 58.6 Å². The molecule has 110 valence electrons. The molecule has 0 heterocycles. The summed E-state index contributed by atoms with van der Waals surface area (Å²) in [6, 6.07) is 17.9. The molecule has 1 N–H and O–H groups in total. The molecule has 21 heavy (non-hydrogen) atoms. The van der Waals surface area contributed by atoms with Crippen LogP contribution in [0.1, 0.15) is 25.3 Å². The maximum atomic E-state index is 3.62. The van der Waals surface area contributed by atoms with Crippen molar-refractivity contribution in [2.75, 3.05) is 11.4 Å². The Hall–Kier alpha value is -1.32. The van der Waals surface area contributed by atoms with Crippen molar-refractivity contribution < 1.29 is 0 Å². The molecule has 0 radical (unpaired) electrons. The van der Waals surface area contributed by atoms with Crippen LogP contribution >= 0.6 is 15.9 Å². The molecule has 0 atom stereocenters. The molecule has 0 spiro atoms. The number of para-hydroxylation sites is 1. The van der Waals surface area contributed by atoms with Crippen molar-refractivity contribution in [2.24, 2.45) is 0 Å². The van der Waals surface area contributed by atoms with E-state index < -0.39 is 0 Å². The number of rotatable bonds is 6. The highest BCUT2D eigenvalue weighted by Gasteiger charge is 2.21. The van der Waals surface area contributed by atoms with E-state index in [0.29, 0.717) is 0 Å². The first-order valence-electron chi connectivity index (χ1n) is 7.62. The highest BCUT2D eigenvalue weighted by Crippen LogP contribution is 2.31. The topological polar surface area (TPSA) is 15.3 Å². The van der Waals surface area contributed by atoms with Crippen LogP contribution < -0.4 is 10.2 Å². The third kappa shape index (κ3) is 3.66. The first-order valence-corrected chi connectivity index (χ1v) is 8.41. The number of nitrogens with one attached hydrogen (secondary N) is 1. The third-order valence-electron chi connectivity index (χ3n) is 3.88. The van der Waals surface area contributed by atoms with E-state index in [0.717, 1.165) is 23.6 Å². The molecular formula is C18H21BrN2. The van der Waals surface area contributed by atoms with E-state index in [2.05, 4.69) is 81.6 Å². The fourth-order valence-corrected chi connectivity index (χ4v) is 2.93. The van der Waals surface area contributed by atoms with Gasteiger partial charge in [-0.3, -0.25) is 0 Å². The molecule has 1 aliphatic rings. The lowest BCUT2D eigenvalue weighted by atomic mass is 10.1. The van der Waals surface area contributed by atoms with Gasteiger partial charge in [0.1, 0.15) is 0 Å². The highest BCUT2D eigenvalue weighted by molar-refractivity contribution is 9.10. The Morgan fingerprint density at radius 1 is 1.14 bits per heavy atom. The molecule has 0 amide bonds. The predicted octanol–water partition coefficient (Wildman–Crippen LogP) is 4.86. The predicted molar refractivity (Wildman–Crippen MR) is 93.1 cm³/mol. The van der Waals surface area contributed by atoms with Gasteiger partial charge in [0.15, 0.2) is 0 Å². The Labute approximate surface area is 135 Å². The molecule has 1 aliphatic carbocycles. The van der Waals surface area contributed by atoms with Gasteiger partial charge >= 0.3 is 0 Å². The van der Waals surface area contributed by atoms with E-state index in [9.17, 15) is 0 Å². The van der Waals surface area contributed by atoms with Gasteiger partial charge in [-0.15, -0.1) is 0 Å². The largest absolute Gasteiger partial charge is 0.341 e. The van der Waals surface area contributed by atoms with Gasteiger partial charge in [-0.1, -0.05) is 40.2 Å². The van der Waals surface area contributed by atoms with Crippen molar-refractivity contribution in [1.82, 2.24) is 5.32 Å². The molecule has 3 heteroatoms. The number of hydrogen-bond donors (Lipinski definition) is 1. The molecule has 1 saturated carbocycles. The van der Waals surface area contributed by atoms with Gasteiger partial charge in [0.05, 0.1) is 0 Å². The Morgan fingerprint density at radius 2 is 1.90 bits per heavy atom. The minimum Gasteiger partial charge on any atom is -0.341 e. The fourth-order valence-electron chi connectivity index (χ4n) is 2.58. The maximum absolute atomic E-state index is 3.62. The molecule has 2 aromatic rings. The molecule has 0 aromatic heterocycles. The number of halogens is 1. The summed E-state index contributed by atoms with van der Waals surface area (Å²) < 4.78 is 1.13. The Kier molecular flexibility index (Phi) is 4.61. The zero-order valence-corrected chi connectivity index (χ0v) is 13.9. The second-order valence-electron chi connectivity index (χ2n) is 5.51. The van der Waals surface area contributed by atoms with Crippen LogP contribution in [0.25, 0.3) is 0 Å². The van der Waals surface area contributed by atoms with E-state index in [-0.39, 0.29) is 0 Å². The summed E-state index contributed by atoms with van der Waals surface area (Å²) in [5.41, 5.74) is 3.88. The normalized spacial score (nSPS) is 14.2. The van der Waals surface area contributed by atoms with Crippen molar-refractivity contribution in [2.45, 2.75) is 32.4 Å². The Bertz CT molecular complexity index is 593. The van der Waals surface area contributed by atoms with Crippen LogP contribution in [0.2, 0.25) is 0 Å². The number of benzene rings is 2. The van der Waals surface area contributed by atoms with Gasteiger partial charge in [-0.2, -0.15) is 0 Å². The van der Waals surface area contributed by atoms with Crippen LogP contribution in [0.3, 0.4) is 0 Å². The first-order chi connectivity index (χ1) is 10.3. The molecular weight excluding hydrogens is 324 g/mol. The summed E-state index contributed by atoms with van der Waals surface area (Å²) in [6.45, 7) is 4.10. The smallest absolute Gasteiger partial charge is 0.0467 e. The lowest BCUT2D eigenvalue weighted by Crippen LogP contribution is -2.21. The van der Waals surface area contributed by atoms with Crippen molar-refractivity contribution in [3.8, 4) is 0 Å². The van der Waals surface area contributed by atoms with E-state index in [1.54, 1.807) is 0 Å². The second kappa shape index (κ2) is 6.63. The number of nitrogens with zero attached hydrogens (tertiary/aromatic N) is 1. The fraction of sp³-hybridized carbons (Fsp3) is 0.333. The summed E-state index contributed by atoms with van der Waals surface area (Å²) in [4.78, 5) is 2.37. The first kappa shape index (κ1) is 14.6. The molecule has 3 rings (SSSR count). The number of hydrogen-bond acceptors (Lipinski definition) is 2. The van der Waals surface area contributed by atoms with Crippen LogP contribution in [0.5, 0.6) is 0 Å². The minimum absolute atomic E-state index is 0.730. The second-order valence-corrected chi connectivity index (χ2v) is 6.42. The molecule has 0 saturated heterocycles. The summed E-state index contributed by atoms with van der Waals surface area (Å²) >= 11 is 3.61. The molecule has 2 nitrogen and oxygen atoms in total. The van der Waals surface area contributed by atoms with Gasteiger partial charge in [0.25, 0.3) is 0 Å². The average Bonchev–Trinajstić information content (AvgIpc) is 3.33. The highest BCUT2D eigenvalue weighted by atomic mass is 79.9. The zero-order chi connectivity index (χ0) is 14.7. The van der Waals surface area contributed by atoms with Gasteiger partial charge in [0.2, 0.25) is 0 Å². The summed E-state index contributed by atoms with van der Waals surface area (Å²) in [7, 11) is 0. The standard InChI is InChI=1S/C18H21BrN2/c1-2-21(17-6-4-3-5-7-17)18-12-15(19)9-8-14(18)13-20-16-10-11-16/h3-9,12,16,20H,2,10-11,13H2,1H3. The molecule has 0 bridgehead atoms. The lowest BCUT2D eigenvalue weighted by Gasteiger charge is -2.26. The van der Waals surface area contributed by atoms with Crippen molar-refractivity contribution >= 4 is 27.3 Å². The third-order valence-corrected chi connectivity index (χ3v) is 4.37. The molecule has 1 fully saturated rings. The van der Waals surface area contributed by atoms with Gasteiger partial charge in [0, 0.05) is 35.0 Å². The number of anilines is 2.